The summed E-state index contributed by atoms with van der Waals surface area (Å²) in [5, 5.41) is 0.583. The molecule has 0 radical (unpaired) electrons. The Labute approximate surface area is 109 Å². The number of benzene rings is 1. The van der Waals surface area contributed by atoms with Gasteiger partial charge < -0.3 is 15.5 Å². The number of carbonyl (C=O) groups is 1. The molecule has 6 heteroatoms. The summed E-state index contributed by atoms with van der Waals surface area (Å²) in [5.41, 5.74) is 6.59. The molecule has 1 aromatic heterocycles. The van der Waals surface area contributed by atoms with Crippen LogP contribution in [0.25, 0.3) is 11.4 Å². The van der Waals surface area contributed by atoms with Crippen LogP contribution in [-0.2, 0) is 4.74 Å². The Balaban J connectivity index is 2.37. The molecule has 0 atom stereocenters. The van der Waals surface area contributed by atoms with E-state index in [9.17, 15) is 4.79 Å². The number of nitrogens with zero attached hydrogens (tertiary/aromatic N) is 1. The minimum Gasteiger partial charge on any atom is -0.461 e. The number of halogens is 1. The van der Waals surface area contributed by atoms with E-state index in [0.717, 1.165) is 5.56 Å². The molecule has 18 heavy (non-hydrogen) atoms. The van der Waals surface area contributed by atoms with Crippen molar-refractivity contribution >= 4 is 23.4 Å². The summed E-state index contributed by atoms with van der Waals surface area (Å²) in [4.78, 5) is 18.5. The number of aromatic amines is 1. The van der Waals surface area contributed by atoms with Crippen LogP contribution in [0.1, 0.15) is 17.4 Å². The van der Waals surface area contributed by atoms with Gasteiger partial charge in [0.25, 0.3) is 0 Å². The fourth-order valence-electron chi connectivity index (χ4n) is 1.52. The van der Waals surface area contributed by atoms with E-state index >= 15 is 0 Å². The zero-order valence-corrected chi connectivity index (χ0v) is 10.5. The second kappa shape index (κ2) is 5.10. The third kappa shape index (κ3) is 2.46. The lowest BCUT2D eigenvalue weighted by Gasteiger charge is -1.99. The number of nitrogens with one attached hydrogen (secondary N) is 1. The van der Waals surface area contributed by atoms with Gasteiger partial charge in [0, 0.05) is 10.6 Å². The summed E-state index contributed by atoms with van der Waals surface area (Å²) in [6, 6.07) is 7.10. The van der Waals surface area contributed by atoms with Gasteiger partial charge in [-0.25, -0.2) is 9.78 Å². The minimum atomic E-state index is -0.518. The predicted octanol–water partition coefficient (Wildman–Crippen LogP) is 2.49. The van der Waals surface area contributed by atoms with Crippen LogP contribution in [0.15, 0.2) is 24.3 Å². The smallest absolute Gasteiger partial charge is 0.358 e. The lowest BCUT2D eigenvalue weighted by molar-refractivity contribution is 0.0521. The molecule has 1 heterocycles. The van der Waals surface area contributed by atoms with Crippen LogP contribution >= 0.6 is 11.6 Å². The van der Waals surface area contributed by atoms with Crippen molar-refractivity contribution in [1.29, 1.82) is 0 Å². The third-order valence-corrected chi connectivity index (χ3v) is 2.54. The normalized spacial score (nSPS) is 10.3. The van der Waals surface area contributed by atoms with Crippen molar-refractivity contribution in [1.82, 2.24) is 9.97 Å². The summed E-state index contributed by atoms with van der Waals surface area (Å²) in [6.07, 6.45) is 0. The molecule has 94 valence electrons. The molecule has 0 unspecified atom stereocenters. The second-order valence-corrected chi connectivity index (χ2v) is 4.01. The first kappa shape index (κ1) is 12.4. The average Bonchev–Trinajstić information content (AvgIpc) is 2.72. The van der Waals surface area contributed by atoms with E-state index in [4.69, 9.17) is 22.1 Å². The topological polar surface area (TPSA) is 81.0 Å². The van der Waals surface area contributed by atoms with Gasteiger partial charge in [-0.1, -0.05) is 23.7 Å². The maximum Gasteiger partial charge on any atom is 0.358 e. The van der Waals surface area contributed by atoms with Gasteiger partial charge in [0.1, 0.15) is 5.82 Å². The summed E-state index contributed by atoms with van der Waals surface area (Å²) < 4.78 is 4.87. The molecule has 0 spiro atoms. The van der Waals surface area contributed by atoms with Gasteiger partial charge in [-0.2, -0.15) is 0 Å². The molecule has 2 aromatic rings. The van der Waals surface area contributed by atoms with E-state index in [1.165, 1.54) is 0 Å². The standard InChI is InChI=1S/C12H12ClN3O2/c1-2-18-12(17)9-10(14)16-11(15-9)7-4-3-5-8(13)6-7/h3-6H,2,14H2,1H3,(H,15,16). The number of hydrogen-bond donors (Lipinski definition) is 2. The van der Waals surface area contributed by atoms with Gasteiger partial charge in [-0.3, -0.25) is 0 Å². The molecule has 0 aliphatic carbocycles. The van der Waals surface area contributed by atoms with Gasteiger partial charge in [0.2, 0.25) is 0 Å². The molecule has 0 fully saturated rings. The third-order valence-electron chi connectivity index (χ3n) is 2.31. The lowest BCUT2D eigenvalue weighted by atomic mass is 10.2. The number of hydrogen-bond acceptors (Lipinski definition) is 4. The molecule has 0 aliphatic heterocycles. The van der Waals surface area contributed by atoms with Crippen molar-refractivity contribution < 1.29 is 9.53 Å². The molecule has 0 amide bonds. The Bertz CT molecular complexity index is 580. The molecule has 0 bridgehead atoms. The molecule has 1 aromatic carbocycles. The van der Waals surface area contributed by atoms with Gasteiger partial charge in [0.15, 0.2) is 11.5 Å². The monoisotopic (exact) mass is 265 g/mol. The van der Waals surface area contributed by atoms with Crippen LogP contribution < -0.4 is 5.73 Å². The Morgan fingerprint density at radius 3 is 3.00 bits per heavy atom. The highest BCUT2D eigenvalue weighted by atomic mass is 35.5. The van der Waals surface area contributed by atoms with E-state index in [1.54, 1.807) is 25.1 Å². The van der Waals surface area contributed by atoms with Crippen LogP contribution in [0.4, 0.5) is 5.82 Å². The van der Waals surface area contributed by atoms with E-state index < -0.39 is 5.97 Å². The Morgan fingerprint density at radius 2 is 2.33 bits per heavy atom. The molecular weight excluding hydrogens is 254 g/mol. The van der Waals surface area contributed by atoms with Crippen molar-refractivity contribution in [2.24, 2.45) is 0 Å². The first-order chi connectivity index (χ1) is 8.61. The quantitative estimate of drug-likeness (QED) is 0.836. The zero-order valence-electron chi connectivity index (χ0n) is 9.74. The number of H-pyrrole nitrogens is 1. The lowest BCUT2D eigenvalue weighted by Crippen LogP contribution is -2.07. The van der Waals surface area contributed by atoms with Gasteiger partial charge in [-0.05, 0) is 19.1 Å². The second-order valence-electron chi connectivity index (χ2n) is 3.58. The summed E-state index contributed by atoms with van der Waals surface area (Å²) in [5.74, 6) is 0.0808. The Kier molecular flexibility index (Phi) is 3.53. The number of nitrogens with two attached hydrogens (primary N) is 1. The predicted molar refractivity (Wildman–Crippen MR) is 69.4 cm³/mol. The largest absolute Gasteiger partial charge is 0.461 e. The maximum absolute atomic E-state index is 11.6. The van der Waals surface area contributed by atoms with Crippen molar-refractivity contribution in [3.05, 3.63) is 35.0 Å². The summed E-state index contributed by atoms with van der Waals surface area (Å²) in [7, 11) is 0. The molecule has 0 aliphatic rings. The highest BCUT2D eigenvalue weighted by molar-refractivity contribution is 6.30. The number of ether oxygens (including phenoxy) is 1. The van der Waals surface area contributed by atoms with Crippen LogP contribution in [0.2, 0.25) is 5.02 Å². The summed E-state index contributed by atoms with van der Waals surface area (Å²) in [6.45, 7) is 2.01. The molecule has 0 saturated heterocycles. The van der Waals surface area contributed by atoms with Crippen LogP contribution in [-0.4, -0.2) is 22.5 Å². The maximum atomic E-state index is 11.6. The molecule has 0 saturated carbocycles. The molecule has 2 rings (SSSR count). The SMILES string of the molecule is CCOC(=O)c1[nH]c(-c2cccc(Cl)c2)nc1N. The van der Waals surface area contributed by atoms with Gasteiger partial charge in [0.05, 0.1) is 6.61 Å². The number of anilines is 1. The fraction of sp³-hybridized carbons (Fsp3) is 0.167. The molecule has 3 N–H and O–H groups in total. The highest BCUT2D eigenvalue weighted by Crippen LogP contribution is 2.22. The van der Waals surface area contributed by atoms with Gasteiger partial charge >= 0.3 is 5.97 Å². The van der Waals surface area contributed by atoms with Crippen molar-refractivity contribution in [2.75, 3.05) is 12.3 Å². The molecule has 5 nitrogen and oxygen atoms in total. The van der Waals surface area contributed by atoms with E-state index in [-0.39, 0.29) is 18.1 Å². The van der Waals surface area contributed by atoms with Crippen molar-refractivity contribution in [3.8, 4) is 11.4 Å². The zero-order chi connectivity index (χ0) is 13.1. The van der Waals surface area contributed by atoms with E-state index in [2.05, 4.69) is 9.97 Å². The Morgan fingerprint density at radius 1 is 1.56 bits per heavy atom. The number of esters is 1. The number of rotatable bonds is 3. The van der Waals surface area contributed by atoms with Crippen molar-refractivity contribution in [2.45, 2.75) is 6.92 Å². The number of nitrogen functional groups attached to an aromatic ring is 1. The number of imidazole rings is 1. The van der Waals surface area contributed by atoms with Crippen LogP contribution in [0.5, 0.6) is 0 Å². The van der Waals surface area contributed by atoms with E-state index in [0.29, 0.717) is 10.8 Å². The average molecular weight is 266 g/mol. The van der Waals surface area contributed by atoms with Gasteiger partial charge in [-0.15, -0.1) is 0 Å². The number of carbonyl (C=O) groups excluding carboxylic acids is 1. The highest BCUT2D eigenvalue weighted by Gasteiger charge is 2.16. The summed E-state index contributed by atoms with van der Waals surface area (Å²) >= 11 is 5.89. The van der Waals surface area contributed by atoms with Crippen LogP contribution in [0.3, 0.4) is 0 Å². The van der Waals surface area contributed by atoms with Crippen molar-refractivity contribution in [3.63, 3.8) is 0 Å². The fourth-order valence-corrected chi connectivity index (χ4v) is 1.71. The first-order valence-electron chi connectivity index (χ1n) is 5.40. The first-order valence-corrected chi connectivity index (χ1v) is 5.78. The molecular formula is C12H12ClN3O2. The van der Waals surface area contributed by atoms with E-state index in [1.807, 2.05) is 6.07 Å². The number of aromatic nitrogens is 2. The minimum absolute atomic E-state index is 0.114. The van der Waals surface area contributed by atoms with Crippen LogP contribution in [0, 0.1) is 0 Å². The Hall–Kier alpha value is -2.01.